The molecule has 2 heterocycles. The summed E-state index contributed by atoms with van der Waals surface area (Å²) in [6.45, 7) is 0. The molecule has 9 aromatic carbocycles. The number of para-hydroxylation sites is 1. The molecule has 248 valence electrons. The predicted octanol–water partition coefficient (Wildman–Crippen LogP) is 15.1. The Balaban J connectivity index is 1.24. The molecular formula is C50H31NOS. The number of thiophene rings is 1. The van der Waals surface area contributed by atoms with Gasteiger partial charge in [-0.2, -0.15) is 0 Å². The van der Waals surface area contributed by atoms with Crippen LogP contribution in [0.2, 0.25) is 0 Å². The molecule has 0 radical (unpaired) electrons. The van der Waals surface area contributed by atoms with Gasteiger partial charge in [0.2, 0.25) is 0 Å². The first kappa shape index (κ1) is 30.0. The Morgan fingerprint density at radius 1 is 0.358 bits per heavy atom. The molecule has 53 heavy (non-hydrogen) atoms. The lowest BCUT2D eigenvalue weighted by Gasteiger charge is -2.29. The van der Waals surface area contributed by atoms with Gasteiger partial charge in [-0.1, -0.05) is 146 Å². The number of furan rings is 1. The molecule has 0 spiro atoms. The molecular weight excluding hydrogens is 663 g/mol. The maximum absolute atomic E-state index is 6.89. The molecule has 0 aliphatic rings. The Morgan fingerprint density at radius 3 is 1.83 bits per heavy atom. The highest BCUT2D eigenvalue weighted by molar-refractivity contribution is 7.26. The second-order valence-electron chi connectivity index (χ2n) is 13.6. The van der Waals surface area contributed by atoms with Crippen molar-refractivity contribution in [2.75, 3.05) is 4.90 Å². The van der Waals surface area contributed by atoms with Gasteiger partial charge < -0.3 is 9.32 Å². The maximum Gasteiger partial charge on any atom is 0.145 e. The lowest BCUT2D eigenvalue weighted by Crippen LogP contribution is -2.11. The lowest BCUT2D eigenvalue weighted by molar-refractivity contribution is 0.670. The van der Waals surface area contributed by atoms with Crippen molar-refractivity contribution in [3.63, 3.8) is 0 Å². The fourth-order valence-electron chi connectivity index (χ4n) is 8.25. The standard InChI is InChI=1S/C50H31NOS/c1-2-12-32(13-3-1)33-24-26-35(27-25-33)38-30-31-43(49-39-17-6-8-21-44(39)52-50(38)49)51(42-20-11-23-46-48(42)40-18-7-9-22-45(40)53-46)41-19-10-15-36-29-28-34-14-4-5-16-37(34)47(36)41/h1-31H. The average molecular weight is 694 g/mol. The third kappa shape index (κ3) is 4.71. The lowest BCUT2D eigenvalue weighted by atomic mass is 9.96. The van der Waals surface area contributed by atoms with Gasteiger partial charge >= 0.3 is 0 Å². The highest BCUT2D eigenvalue weighted by atomic mass is 32.1. The quantitative estimate of drug-likeness (QED) is 0.167. The average Bonchev–Trinajstić information content (AvgIpc) is 3.81. The largest absolute Gasteiger partial charge is 0.455 e. The van der Waals surface area contributed by atoms with Gasteiger partial charge in [0.1, 0.15) is 11.2 Å². The van der Waals surface area contributed by atoms with Crippen LogP contribution in [-0.4, -0.2) is 0 Å². The molecule has 0 aliphatic heterocycles. The number of hydrogen-bond acceptors (Lipinski definition) is 3. The van der Waals surface area contributed by atoms with Crippen LogP contribution in [0.15, 0.2) is 192 Å². The molecule has 11 rings (SSSR count). The number of anilines is 3. The van der Waals surface area contributed by atoms with Crippen molar-refractivity contribution in [2.45, 2.75) is 0 Å². The zero-order chi connectivity index (χ0) is 34.9. The van der Waals surface area contributed by atoms with Crippen molar-refractivity contribution in [1.82, 2.24) is 0 Å². The maximum atomic E-state index is 6.89. The van der Waals surface area contributed by atoms with Gasteiger partial charge in [0.15, 0.2) is 0 Å². The van der Waals surface area contributed by atoms with E-state index in [1.165, 1.54) is 52.8 Å². The minimum absolute atomic E-state index is 0.875. The third-order valence-corrected chi connectivity index (χ3v) is 11.8. The minimum atomic E-state index is 0.875. The summed E-state index contributed by atoms with van der Waals surface area (Å²) in [7, 11) is 0. The molecule has 3 heteroatoms. The molecule has 0 saturated heterocycles. The first-order chi connectivity index (χ1) is 26.3. The monoisotopic (exact) mass is 693 g/mol. The molecule has 0 N–H and O–H groups in total. The van der Waals surface area contributed by atoms with Crippen LogP contribution in [-0.2, 0) is 0 Å². The fourth-order valence-corrected chi connectivity index (χ4v) is 9.38. The van der Waals surface area contributed by atoms with E-state index in [2.05, 4.69) is 193 Å². The van der Waals surface area contributed by atoms with Crippen molar-refractivity contribution in [1.29, 1.82) is 0 Å². The predicted molar refractivity (Wildman–Crippen MR) is 227 cm³/mol. The molecule has 11 aromatic rings. The van der Waals surface area contributed by atoms with Crippen LogP contribution in [0, 0.1) is 0 Å². The van der Waals surface area contributed by atoms with Crippen molar-refractivity contribution >= 4 is 92.1 Å². The Kier molecular flexibility index (Phi) is 6.76. The topological polar surface area (TPSA) is 16.4 Å². The summed E-state index contributed by atoms with van der Waals surface area (Å²) < 4.78 is 9.44. The Labute approximate surface area is 310 Å². The summed E-state index contributed by atoms with van der Waals surface area (Å²) >= 11 is 1.85. The summed E-state index contributed by atoms with van der Waals surface area (Å²) in [5.74, 6) is 0. The van der Waals surface area contributed by atoms with Gasteiger partial charge in [0.05, 0.1) is 22.4 Å². The van der Waals surface area contributed by atoms with Gasteiger partial charge in [-0.3, -0.25) is 0 Å². The zero-order valence-corrected chi connectivity index (χ0v) is 29.5. The van der Waals surface area contributed by atoms with Crippen LogP contribution in [0.4, 0.5) is 17.1 Å². The highest BCUT2D eigenvalue weighted by Gasteiger charge is 2.26. The van der Waals surface area contributed by atoms with Crippen LogP contribution in [0.5, 0.6) is 0 Å². The van der Waals surface area contributed by atoms with Gasteiger partial charge in [-0.05, 0) is 75.3 Å². The molecule has 0 amide bonds. The summed E-state index contributed by atoms with van der Waals surface area (Å²) in [6.07, 6.45) is 0. The third-order valence-electron chi connectivity index (χ3n) is 10.7. The first-order valence-corrected chi connectivity index (χ1v) is 18.8. The van der Waals surface area contributed by atoms with Crippen molar-refractivity contribution in [2.24, 2.45) is 0 Å². The summed E-state index contributed by atoms with van der Waals surface area (Å²) in [5, 5.41) is 9.60. The number of fused-ring (bicyclic) bond motifs is 9. The van der Waals surface area contributed by atoms with E-state index in [0.29, 0.717) is 0 Å². The molecule has 2 aromatic heterocycles. The summed E-state index contributed by atoms with van der Waals surface area (Å²) in [5.41, 5.74) is 9.71. The Hall–Kier alpha value is -6.68. The molecule has 0 aliphatic carbocycles. The Bertz CT molecular complexity index is 3170. The van der Waals surface area contributed by atoms with Crippen molar-refractivity contribution < 1.29 is 4.42 Å². The number of rotatable bonds is 5. The highest BCUT2D eigenvalue weighted by Crippen LogP contribution is 2.51. The second-order valence-corrected chi connectivity index (χ2v) is 14.7. The van der Waals surface area contributed by atoms with E-state index in [1.807, 2.05) is 11.3 Å². The summed E-state index contributed by atoms with van der Waals surface area (Å²) in [6, 6.07) is 67.9. The van der Waals surface area contributed by atoms with Crippen LogP contribution < -0.4 is 4.90 Å². The molecule has 0 bridgehead atoms. The van der Waals surface area contributed by atoms with Crippen molar-refractivity contribution in [3.8, 4) is 22.3 Å². The van der Waals surface area contributed by atoms with Crippen LogP contribution in [0.1, 0.15) is 0 Å². The number of hydrogen-bond donors (Lipinski definition) is 0. The van der Waals surface area contributed by atoms with Gasteiger partial charge in [0, 0.05) is 36.5 Å². The van der Waals surface area contributed by atoms with Crippen molar-refractivity contribution in [3.05, 3.63) is 188 Å². The van der Waals surface area contributed by atoms with Gasteiger partial charge in [0.25, 0.3) is 0 Å². The van der Waals surface area contributed by atoms with Crippen LogP contribution >= 0.6 is 11.3 Å². The van der Waals surface area contributed by atoms with Crippen LogP contribution in [0.3, 0.4) is 0 Å². The Morgan fingerprint density at radius 2 is 0.962 bits per heavy atom. The smallest absolute Gasteiger partial charge is 0.145 e. The van der Waals surface area contributed by atoms with E-state index in [4.69, 9.17) is 4.42 Å². The van der Waals surface area contributed by atoms with Crippen LogP contribution in [0.25, 0.3) is 85.9 Å². The van der Waals surface area contributed by atoms with Gasteiger partial charge in [-0.15, -0.1) is 11.3 Å². The zero-order valence-electron chi connectivity index (χ0n) is 28.7. The van der Waals surface area contributed by atoms with E-state index < -0.39 is 0 Å². The summed E-state index contributed by atoms with van der Waals surface area (Å²) in [4.78, 5) is 2.50. The molecule has 0 atom stereocenters. The molecule has 0 fully saturated rings. The normalized spacial score (nSPS) is 11.8. The minimum Gasteiger partial charge on any atom is -0.455 e. The second kappa shape index (κ2) is 11.9. The molecule has 0 unspecified atom stereocenters. The number of nitrogens with zero attached hydrogens (tertiary/aromatic N) is 1. The van der Waals surface area contributed by atoms with Gasteiger partial charge in [-0.25, -0.2) is 0 Å². The molecule has 0 saturated carbocycles. The molecule has 2 nitrogen and oxygen atoms in total. The fraction of sp³-hybridized carbons (Fsp3) is 0. The van der Waals surface area contributed by atoms with E-state index >= 15 is 0 Å². The number of benzene rings is 9. The van der Waals surface area contributed by atoms with E-state index in [0.717, 1.165) is 50.1 Å². The van der Waals surface area contributed by atoms with E-state index in [1.54, 1.807) is 0 Å². The van der Waals surface area contributed by atoms with E-state index in [9.17, 15) is 0 Å². The first-order valence-electron chi connectivity index (χ1n) is 18.0. The van der Waals surface area contributed by atoms with E-state index in [-0.39, 0.29) is 0 Å². The SMILES string of the molecule is c1ccc(-c2ccc(-c3ccc(N(c4cccc5ccc6ccccc6c45)c4cccc5sc6ccccc6c45)c4c3oc3ccccc34)cc2)cc1.